The van der Waals surface area contributed by atoms with Crippen molar-refractivity contribution in [3.8, 4) is 0 Å². The number of nitrogens with one attached hydrogen (secondary N) is 9. The smallest absolute Gasteiger partial charge is 0.316 e. The molecule has 2 rings (SSSR count). The molecule has 0 spiro atoms. The van der Waals surface area contributed by atoms with Gasteiger partial charge in [0.1, 0.15) is 36.1 Å². The van der Waals surface area contributed by atoms with Crippen molar-refractivity contribution in [3.63, 3.8) is 0 Å². The second-order valence-electron chi connectivity index (χ2n) is 10.5. The van der Waals surface area contributed by atoms with Crippen LogP contribution in [0.15, 0.2) is 11.9 Å². The lowest BCUT2D eigenvalue weighted by Crippen LogP contribution is -2.65. The van der Waals surface area contributed by atoms with Crippen LogP contribution < -0.4 is 65.4 Å². The summed E-state index contributed by atoms with van der Waals surface area (Å²) in [5, 5.41) is 45.0. The van der Waals surface area contributed by atoms with Crippen LogP contribution in [0.3, 0.4) is 0 Å². The van der Waals surface area contributed by atoms with Gasteiger partial charge in [0.15, 0.2) is 0 Å². The van der Waals surface area contributed by atoms with Gasteiger partial charge in [-0.25, -0.2) is 9.73 Å². The molecule has 264 valence electrons. The van der Waals surface area contributed by atoms with Gasteiger partial charge >= 0.3 is 6.03 Å². The van der Waals surface area contributed by atoms with Crippen LogP contribution in [0.5, 0.6) is 0 Å². The molecule has 23 heteroatoms. The fourth-order valence-corrected chi connectivity index (χ4v) is 4.24. The molecule has 2 saturated heterocycles. The molecule has 47 heavy (non-hydrogen) atoms. The maximum atomic E-state index is 13.5. The number of amides is 8. The van der Waals surface area contributed by atoms with Crippen molar-refractivity contribution in [2.45, 2.75) is 68.2 Å². The number of urea groups is 1. The predicted octanol–water partition coefficient (Wildman–Crippen LogP) is -8.76. The van der Waals surface area contributed by atoms with Crippen molar-refractivity contribution in [1.29, 1.82) is 0 Å². The van der Waals surface area contributed by atoms with E-state index in [1.165, 1.54) is 0 Å². The monoisotopic (exact) mass is 674 g/mol. The predicted molar refractivity (Wildman–Crippen MR) is 156 cm³/mol. The molecule has 7 atom stereocenters. The van der Waals surface area contributed by atoms with Gasteiger partial charge in [0.2, 0.25) is 29.5 Å². The number of hydrogen-bond donors (Lipinski definition) is 15. The van der Waals surface area contributed by atoms with Crippen molar-refractivity contribution < 1.29 is 53.8 Å². The Morgan fingerprint density at radius 3 is 2.26 bits per heavy atom. The minimum absolute atomic E-state index is 0.235. The maximum Gasteiger partial charge on any atom is 0.316 e. The molecule has 8 amide bonds. The number of primary amides is 1. The first-order valence-corrected chi connectivity index (χ1v) is 14.4. The highest BCUT2D eigenvalue weighted by molar-refractivity contribution is 6.02. The average Bonchev–Trinajstić information content (AvgIpc) is 3.02. The molecule has 2 aliphatic heterocycles. The van der Waals surface area contributed by atoms with Crippen molar-refractivity contribution in [2.75, 3.05) is 26.3 Å². The molecule has 18 N–H and O–H groups in total. The first-order chi connectivity index (χ1) is 22.3. The Kier molecular flexibility index (Phi) is 15.8. The number of hydroxylamine groups is 2. The first kappa shape index (κ1) is 38.7. The molecular formula is C24H42N12O11. The van der Waals surface area contributed by atoms with Crippen molar-refractivity contribution >= 4 is 41.5 Å². The van der Waals surface area contributed by atoms with E-state index in [4.69, 9.17) is 22.1 Å². The maximum absolute atomic E-state index is 13.5. The second kappa shape index (κ2) is 19.2. The van der Waals surface area contributed by atoms with E-state index in [9.17, 15) is 48.9 Å². The highest BCUT2D eigenvalue weighted by Gasteiger charge is 2.37. The summed E-state index contributed by atoms with van der Waals surface area (Å²) in [5.41, 5.74) is 20.3. The van der Waals surface area contributed by atoms with E-state index in [1.807, 2.05) is 5.32 Å². The Morgan fingerprint density at radius 2 is 1.64 bits per heavy atom. The summed E-state index contributed by atoms with van der Waals surface area (Å²) in [6.07, 6.45) is -0.194. The van der Waals surface area contributed by atoms with E-state index in [2.05, 4.69) is 42.9 Å². The molecule has 2 fully saturated rings. The summed E-state index contributed by atoms with van der Waals surface area (Å²) in [6, 6.07) is -9.62. The standard InChI is InChI=1S/C24H42N12O11/c25-3-1-2-10(26)4-16(39)30-12-6-28-23(45)18(11-5-17(40)36-47-35-11)34-20(42)13(7-29-24(27)46)31-21(43)14(8-37)33-22(44)15(9-38)32-19(12)41/h7,10-12,14-15,17-18,35-38,40H,1-6,8-9,25-26H2,(H,28,45)(H,30,39)(H,31,43)(H,32,41)(H,33,44)(H,34,42)(H3,27,29,46)/b13-7-/t10-,11+,12?,14-,15-,17-,18-/m0/s1. The zero-order valence-corrected chi connectivity index (χ0v) is 25.1. The minimum atomic E-state index is -1.77. The van der Waals surface area contributed by atoms with Crippen LogP contribution >= 0.6 is 0 Å². The van der Waals surface area contributed by atoms with Gasteiger partial charge < -0.3 is 69.7 Å². The molecule has 23 nitrogen and oxygen atoms in total. The van der Waals surface area contributed by atoms with E-state index >= 15 is 0 Å². The van der Waals surface area contributed by atoms with E-state index in [0.717, 1.165) is 0 Å². The number of aliphatic hydroxyl groups is 3. The van der Waals surface area contributed by atoms with Crippen molar-refractivity contribution in [3.05, 3.63) is 11.9 Å². The molecule has 0 aromatic carbocycles. The third kappa shape index (κ3) is 12.7. The molecule has 0 aliphatic carbocycles. The fourth-order valence-electron chi connectivity index (χ4n) is 4.24. The van der Waals surface area contributed by atoms with Gasteiger partial charge in [-0.2, -0.15) is 11.0 Å². The van der Waals surface area contributed by atoms with E-state index in [-0.39, 0.29) is 12.8 Å². The SMILES string of the molecule is NCCC[C@H](N)CC(=O)NC1CNC(=O)[C@H]([C@H]2C[C@H](O)NON2)NC(=O)/C(=C/NC(N)=O)NC(=O)[C@H](CO)NC(=O)[C@H](CO)NC1=O. The molecule has 0 aromatic rings. The Hall–Kier alpha value is -4.49. The van der Waals surface area contributed by atoms with Gasteiger partial charge in [0.05, 0.1) is 19.3 Å². The first-order valence-electron chi connectivity index (χ1n) is 14.4. The van der Waals surface area contributed by atoms with Crippen LogP contribution in [0.25, 0.3) is 0 Å². The second-order valence-corrected chi connectivity index (χ2v) is 10.5. The number of carbonyl (C=O) groups excluding carboxylic acids is 7. The van der Waals surface area contributed by atoms with Crippen molar-refractivity contribution in [2.24, 2.45) is 17.2 Å². The summed E-state index contributed by atoms with van der Waals surface area (Å²) in [5.74, 6) is -6.33. The zero-order chi connectivity index (χ0) is 35.1. The highest BCUT2D eigenvalue weighted by Crippen LogP contribution is 2.09. The van der Waals surface area contributed by atoms with Gasteiger partial charge in [-0.3, -0.25) is 28.8 Å². The summed E-state index contributed by atoms with van der Waals surface area (Å²) in [7, 11) is 0. The molecule has 2 aliphatic rings. The third-order valence-electron chi connectivity index (χ3n) is 6.71. The lowest BCUT2D eigenvalue weighted by Gasteiger charge is -2.33. The molecule has 1 unspecified atom stereocenters. The third-order valence-corrected chi connectivity index (χ3v) is 6.71. The number of hydrogen-bond acceptors (Lipinski definition) is 15. The Balaban J connectivity index is 2.50. The summed E-state index contributed by atoms with van der Waals surface area (Å²) >= 11 is 0. The Morgan fingerprint density at radius 1 is 0.979 bits per heavy atom. The van der Waals surface area contributed by atoms with Crippen LogP contribution in [-0.2, 0) is 33.7 Å². The molecule has 0 aromatic heterocycles. The van der Waals surface area contributed by atoms with Crippen LogP contribution in [-0.4, -0.2) is 126 Å². The minimum Gasteiger partial charge on any atom is -0.394 e. The topological polar surface area (TPSA) is 376 Å². The Labute approximate surface area is 267 Å². The van der Waals surface area contributed by atoms with Crippen LogP contribution in [0, 0.1) is 0 Å². The summed E-state index contributed by atoms with van der Waals surface area (Å²) in [4.78, 5) is 94.8. The average molecular weight is 675 g/mol. The number of rotatable bonds is 10. The van der Waals surface area contributed by atoms with Crippen LogP contribution in [0.1, 0.15) is 25.7 Å². The lowest BCUT2D eigenvalue weighted by atomic mass is 10.0. The number of nitrogens with two attached hydrogens (primary N) is 3. The van der Waals surface area contributed by atoms with E-state index in [1.54, 1.807) is 0 Å². The van der Waals surface area contributed by atoms with Crippen LogP contribution in [0.4, 0.5) is 4.79 Å². The number of carbonyl (C=O) groups is 7. The van der Waals surface area contributed by atoms with Gasteiger partial charge in [-0.05, 0) is 19.4 Å². The largest absolute Gasteiger partial charge is 0.394 e. The van der Waals surface area contributed by atoms with E-state index < -0.39 is 109 Å². The van der Waals surface area contributed by atoms with Gasteiger partial charge in [0, 0.05) is 31.6 Å². The van der Waals surface area contributed by atoms with Gasteiger partial charge in [-0.15, -0.1) is 0 Å². The Bertz CT molecular complexity index is 1190. The van der Waals surface area contributed by atoms with Gasteiger partial charge in [-0.1, -0.05) is 0 Å². The molecule has 0 bridgehead atoms. The molecule has 2 heterocycles. The normalized spacial score (nSPS) is 28.2. The summed E-state index contributed by atoms with van der Waals surface area (Å²) < 4.78 is 0. The zero-order valence-electron chi connectivity index (χ0n) is 25.1. The molecular weight excluding hydrogens is 632 g/mol. The lowest BCUT2D eigenvalue weighted by molar-refractivity contribution is -0.169. The van der Waals surface area contributed by atoms with Crippen LogP contribution in [0.2, 0.25) is 0 Å². The highest BCUT2D eigenvalue weighted by atomic mass is 16.8. The molecule has 0 radical (unpaired) electrons. The van der Waals surface area contributed by atoms with Crippen molar-refractivity contribution in [1.82, 2.24) is 48.2 Å². The number of aliphatic hydroxyl groups excluding tert-OH is 3. The van der Waals surface area contributed by atoms with Gasteiger partial charge in [0.25, 0.3) is 5.91 Å². The van der Waals surface area contributed by atoms with E-state index in [0.29, 0.717) is 25.6 Å². The molecule has 0 saturated carbocycles. The summed E-state index contributed by atoms with van der Waals surface area (Å²) in [6.45, 7) is -2.34. The fraction of sp³-hybridized carbons (Fsp3) is 0.625. The quantitative estimate of drug-likeness (QED) is 0.0957.